The topological polar surface area (TPSA) is 44.8 Å². The SMILES string of the molecule is CC(C)(C)OC(=O)[N+]1(B2OC(C)(C)C(C)(C)O2)C=Cc2ccccc21. The van der Waals surface area contributed by atoms with Gasteiger partial charge in [0.2, 0.25) is 0 Å². The molecule has 0 aromatic heterocycles. The van der Waals surface area contributed by atoms with Gasteiger partial charge >= 0.3 is 13.3 Å². The highest BCUT2D eigenvalue weighted by Gasteiger charge is 2.69. The molecule has 134 valence electrons. The molecule has 0 aliphatic carbocycles. The predicted molar refractivity (Wildman–Crippen MR) is 99.6 cm³/mol. The largest absolute Gasteiger partial charge is 0.781 e. The van der Waals surface area contributed by atoms with Crippen LogP contribution in [0, 0.1) is 0 Å². The number of hydrogen-bond donors (Lipinski definition) is 0. The van der Waals surface area contributed by atoms with Crippen molar-refractivity contribution in [2.24, 2.45) is 0 Å². The zero-order valence-corrected chi connectivity index (χ0v) is 16.1. The summed E-state index contributed by atoms with van der Waals surface area (Å²) in [7, 11) is -0.806. The smallest absolute Gasteiger partial charge is 0.415 e. The average Bonchev–Trinajstić information content (AvgIpc) is 2.93. The lowest BCUT2D eigenvalue weighted by Crippen LogP contribution is -2.62. The van der Waals surface area contributed by atoms with Gasteiger partial charge < -0.3 is 14.0 Å². The molecule has 1 fully saturated rings. The highest BCUT2D eigenvalue weighted by atomic mass is 16.7. The molecular formula is C19H27BNO4+. The second-order valence-electron chi connectivity index (χ2n) is 8.70. The molecule has 1 aromatic rings. The summed E-state index contributed by atoms with van der Waals surface area (Å²) in [5.74, 6) is 0. The van der Waals surface area contributed by atoms with E-state index in [2.05, 4.69) is 0 Å². The third-order valence-corrected chi connectivity index (χ3v) is 5.09. The van der Waals surface area contributed by atoms with Crippen molar-refractivity contribution in [3.05, 3.63) is 36.0 Å². The van der Waals surface area contributed by atoms with Crippen molar-refractivity contribution in [3.8, 4) is 0 Å². The van der Waals surface area contributed by atoms with E-state index in [1.807, 2.05) is 78.8 Å². The van der Waals surface area contributed by atoms with Gasteiger partial charge in [0.1, 0.15) is 11.3 Å². The first kappa shape index (κ1) is 18.2. The molecule has 0 spiro atoms. The number of hydrogen-bond acceptors (Lipinski definition) is 4. The highest BCUT2D eigenvalue weighted by molar-refractivity contribution is 6.53. The van der Waals surface area contributed by atoms with Crippen LogP contribution < -0.4 is 4.39 Å². The quantitative estimate of drug-likeness (QED) is 0.704. The molecular weight excluding hydrogens is 317 g/mol. The van der Waals surface area contributed by atoms with Crippen LogP contribution >= 0.6 is 0 Å². The Balaban J connectivity index is 2.10. The van der Waals surface area contributed by atoms with Crippen molar-refractivity contribution in [2.45, 2.75) is 65.3 Å². The Labute approximate surface area is 150 Å². The molecule has 0 saturated carbocycles. The first-order valence-electron chi connectivity index (χ1n) is 8.65. The molecule has 1 unspecified atom stereocenters. The number of benzene rings is 1. The van der Waals surface area contributed by atoms with Crippen molar-refractivity contribution < 1.29 is 18.8 Å². The fraction of sp³-hybridized carbons (Fsp3) is 0.526. The molecule has 1 amide bonds. The molecule has 25 heavy (non-hydrogen) atoms. The van der Waals surface area contributed by atoms with Gasteiger partial charge in [-0.2, -0.15) is 9.19 Å². The van der Waals surface area contributed by atoms with E-state index >= 15 is 0 Å². The number of fused-ring (bicyclic) bond motifs is 1. The number of ether oxygens (including phenoxy) is 1. The lowest BCUT2D eigenvalue weighted by molar-refractivity contribution is 0.00578. The maximum Gasteiger partial charge on any atom is 0.781 e. The standard InChI is InChI=1S/C19H27BNO4/c1-17(2,3)23-16(22)21(13-12-14-10-8-9-11-15(14)21)20-24-18(4,5)19(6,7)25-20/h8-13H,1-7H3/q+1. The van der Waals surface area contributed by atoms with Crippen molar-refractivity contribution in [1.82, 2.24) is 4.39 Å². The van der Waals surface area contributed by atoms with E-state index in [4.69, 9.17) is 14.0 Å². The van der Waals surface area contributed by atoms with Crippen LogP contribution in [0.25, 0.3) is 6.08 Å². The second-order valence-corrected chi connectivity index (χ2v) is 8.70. The molecule has 0 bridgehead atoms. The van der Waals surface area contributed by atoms with Crippen LogP contribution in [0.5, 0.6) is 0 Å². The van der Waals surface area contributed by atoms with Crippen LogP contribution in [-0.2, 0) is 14.0 Å². The average molecular weight is 344 g/mol. The zero-order valence-electron chi connectivity index (χ0n) is 16.1. The van der Waals surface area contributed by atoms with Gasteiger partial charge in [-0.3, -0.25) is 0 Å². The molecule has 1 aromatic carbocycles. The van der Waals surface area contributed by atoms with Crippen molar-refractivity contribution >= 4 is 25.1 Å². The summed E-state index contributed by atoms with van der Waals surface area (Å²) in [6.45, 7) is 13.5. The number of nitrogens with zero attached hydrogens (tertiary/aromatic N) is 1. The number of carbonyl (C=O) groups is 1. The first-order chi connectivity index (χ1) is 11.4. The van der Waals surface area contributed by atoms with Crippen LogP contribution in [0.3, 0.4) is 0 Å². The molecule has 0 N–H and O–H groups in total. The maximum atomic E-state index is 13.3. The van der Waals surface area contributed by atoms with E-state index in [0.29, 0.717) is 0 Å². The second kappa shape index (κ2) is 5.43. The van der Waals surface area contributed by atoms with Crippen LogP contribution in [0.4, 0.5) is 10.5 Å². The third kappa shape index (κ3) is 2.82. The van der Waals surface area contributed by atoms with Crippen molar-refractivity contribution in [3.63, 3.8) is 0 Å². The van der Waals surface area contributed by atoms with Crippen LogP contribution in [0.2, 0.25) is 0 Å². The lowest BCUT2D eigenvalue weighted by Gasteiger charge is -2.32. The Bertz CT molecular complexity index is 719. The maximum absolute atomic E-state index is 13.3. The molecule has 0 radical (unpaired) electrons. The summed E-state index contributed by atoms with van der Waals surface area (Å²) in [6.07, 6.45) is 3.32. The molecule has 2 heterocycles. The van der Waals surface area contributed by atoms with Crippen LogP contribution in [-0.4, -0.2) is 30.1 Å². The van der Waals surface area contributed by atoms with Crippen LogP contribution in [0.15, 0.2) is 30.5 Å². The van der Waals surface area contributed by atoms with Crippen molar-refractivity contribution in [2.75, 3.05) is 0 Å². The van der Waals surface area contributed by atoms with Gasteiger partial charge in [0, 0.05) is 11.6 Å². The Kier molecular flexibility index (Phi) is 3.95. The monoisotopic (exact) mass is 344 g/mol. The molecule has 2 aliphatic rings. The Morgan fingerprint density at radius 2 is 1.64 bits per heavy atom. The molecule has 5 nitrogen and oxygen atoms in total. The molecule has 1 saturated heterocycles. The van der Waals surface area contributed by atoms with E-state index in [-0.39, 0.29) is 4.39 Å². The summed E-state index contributed by atoms with van der Waals surface area (Å²) >= 11 is 0. The van der Waals surface area contributed by atoms with Crippen molar-refractivity contribution in [1.29, 1.82) is 0 Å². The Hall–Kier alpha value is -1.63. The zero-order chi connectivity index (χ0) is 18.7. The van der Waals surface area contributed by atoms with Gasteiger partial charge in [-0.1, -0.05) is 12.1 Å². The summed E-state index contributed by atoms with van der Waals surface area (Å²) in [6, 6.07) is 7.75. The van der Waals surface area contributed by atoms with E-state index < -0.39 is 30.1 Å². The van der Waals surface area contributed by atoms with Gasteiger partial charge in [0.25, 0.3) is 0 Å². The lowest BCUT2D eigenvalue weighted by atomic mass is 9.90. The number of amides is 1. The number of quaternary nitrogens is 1. The minimum atomic E-state index is -0.806. The third-order valence-electron chi connectivity index (χ3n) is 5.09. The highest BCUT2D eigenvalue weighted by Crippen LogP contribution is 2.45. The van der Waals surface area contributed by atoms with E-state index in [1.165, 1.54) is 0 Å². The predicted octanol–water partition coefficient (Wildman–Crippen LogP) is 4.50. The fourth-order valence-corrected chi connectivity index (χ4v) is 2.99. The minimum Gasteiger partial charge on any atom is -0.415 e. The van der Waals surface area contributed by atoms with Crippen LogP contribution in [0.1, 0.15) is 54.0 Å². The summed E-state index contributed by atoms with van der Waals surface area (Å²) < 4.78 is 18.0. The first-order valence-corrected chi connectivity index (χ1v) is 8.65. The molecule has 1 atom stereocenters. The molecule has 6 heteroatoms. The molecule has 3 rings (SSSR count). The van der Waals surface area contributed by atoms with Gasteiger partial charge in [-0.05, 0) is 60.6 Å². The Morgan fingerprint density at radius 1 is 1.08 bits per heavy atom. The van der Waals surface area contributed by atoms with Gasteiger partial charge in [-0.25, -0.2) is 0 Å². The fourth-order valence-electron chi connectivity index (χ4n) is 2.99. The summed E-state index contributed by atoms with van der Waals surface area (Å²) in [5.41, 5.74) is 0.0579. The number of rotatable bonds is 1. The Morgan fingerprint density at radius 3 is 2.20 bits per heavy atom. The number of para-hydroxylation sites is 1. The number of carbonyl (C=O) groups excluding carboxylic acids is 1. The summed E-state index contributed by atoms with van der Waals surface area (Å²) in [4.78, 5) is 13.3. The normalized spacial score (nSPS) is 26.6. The van der Waals surface area contributed by atoms with Gasteiger partial charge in [-0.15, -0.1) is 0 Å². The van der Waals surface area contributed by atoms with E-state index in [1.54, 1.807) is 6.20 Å². The van der Waals surface area contributed by atoms with Gasteiger partial charge in [0.05, 0.1) is 17.4 Å². The molecule has 2 aliphatic heterocycles. The van der Waals surface area contributed by atoms with E-state index in [9.17, 15) is 4.79 Å². The minimum absolute atomic E-state index is 0.250. The summed E-state index contributed by atoms with van der Waals surface area (Å²) in [5, 5.41) is 0. The van der Waals surface area contributed by atoms with Gasteiger partial charge in [0.15, 0.2) is 0 Å². The van der Waals surface area contributed by atoms with E-state index in [0.717, 1.165) is 11.3 Å².